The topological polar surface area (TPSA) is 95.0 Å². The first kappa shape index (κ1) is 17.0. The molecule has 1 aliphatic heterocycles. The SMILES string of the molecule is CN(c1ncnc2[nH]ccc12)C1CC2CN(C(=O)Nc3cnn(C)c3)CC2C1. The summed E-state index contributed by atoms with van der Waals surface area (Å²) in [5, 5.41) is 8.09. The van der Waals surface area contributed by atoms with Crippen LogP contribution in [0, 0.1) is 11.8 Å². The van der Waals surface area contributed by atoms with Gasteiger partial charge in [-0.1, -0.05) is 0 Å². The van der Waals surface area contributed by atoms with Crippen LogP contribution < -0.4 is 10.2 Å². The van der Waals surface area contributed by atoms with Gasteiger partial charge in [0.25, 0.3) is 0 Å². The zero-order valence-electron chi connectivity index (χ0n) is 16.0. The third kappa shape index (κ3) is 2.87. The van der Waals surface area contributed by atoms with E-state index in [0.29, 0.717) is 17.9 Å². The molecule has 2 unspecified atom stereocenters. The third-order valence-electron chi connectivity index (χ3n) is 6.18. The minimum absolute atomic E-state index is 0.0304. The Hall–Kier alpha value is -3.10. The van der Waals surface area contributed by atoms with E-state index in [1.165, 1.54) is 0 Å². The number of nitrogens with one attached hydrogen (secondary N) is 2. The molecule has 28 heavy (non-hydrogen) atoms. The number of aryl methyl sites for hydroxylation is 1. The maximum atomic E-state index is 12.6. The van der Waals surface area contributed by atoms with E-state index in [9.17, 15) is 4.79 Å². The quantitative estimate of drug-likeness (QED) is 0.725. The predicted molar refractivity (Wildman–Crippen MR) is 106 cm³/mol. The summed E-state index contributed by atoms with van der Waals surface area (Å²) in [6, 6.07) is 2.44. The lowest BCUT2D eigenvalue weighted by molar-refractivity contribution is 0.218. The summed E-state index contributed by atoms with van der Waals surface area (Å²) in [6.45, 7) is 1.62. The Morgan fingerprint density at radius 3 is 2.79 bits per heavy atom. The van der Waals surface area contributed by atoms with Crippen molar-refractivity contribution >= 4 is 28.6 Å². The van der Waals surface area contributed by atoms with Gasteiger partial charge < -0.3 is 20.1 Å². The molecule has 146 valence electrons. The number of H-pyrrole nitrogens is 1. The summed E-state index contributed by atoms with van der Waals surface area (Å²) in [5.74, 6) is 2.05. The lowest BCUT2D eigenvalue weighted by atomic mass is 10.0. The van der Waals surface area contributed by atoms with Crippen LogP contribution in [0.1, 0.15) is 12.8 Å². The molecule has 0 radical (unpaired) electrons. The number of carbonyl (C=O) groups is 1. The second-order valence-electron chi connectivity index (χ2n) is 7.93. The van der Waals surface area contributed by atoms with Gasteiger partial charge in [0.15, 0.2) is 0 Å². The summed E-state index contributed by atoms with van der Waals surface area (Å²) < 4.78 is 1.68. The van der Waals surface area contributed by atoms with Crippen molar-refractivity contribution in [1.29, 1.82) is 0 Å². The average Bonchev–Trinajstić information content (AvgIpc) is 3.43. The number of anilines is 2. The second kappa shape index (κ2) is 6.50. The van der Waals surface area contributed by atoms with Crippen LogP contribution in [-0.2, 0) is 7.05 Å². The van der Waals surface area contributed by atoms with E-state index in [1.807, 2.05) is 30.4 Å². The van der Waals surface area contributed by atoms with Gasteiger partial charge in [-0.2, -0.15) is 5.10 Å². The van der Waals surface area contributed by atoms with Gasteiger partial charge in [-0.25, -0.2) is 14.8 Å². The predicted octanol–water partition coefficient (Wildman–Crippen LogP) is 2.07. The molecule has 2 fully saturated rings. The third-order valence-corrected chi connectivity index (χ3v) is 6.18. The van der Waals surface area contributed by atoms with Crippen molar-refractivity contribution in [3.63, 3.8) is 0 Å². The van der Waals surface area contributed by atoms with Crippen LogP contribution in [0.3, 0.4) is 0 Å². The fraction of sp³-hybridized carbons (Fsp3) is 0.474. The number of hydrogen-bond acceptors (Lipinski definition) is 5. The number of amides is 2. The number of rotatable bonds is 3. The van der Waals surface area contributed by atoms with Crippen LogP contribution in [0.5, 0.6) is 0 Å². The molecule has 2 aliphatic rings. The standard InChI is InChI=1S/C19H24N8O/c1-25-10-14(7-23-25)24-19(28)27-8-12-5-15(6-13(12)9-27)26(2)18-16-3-4-20-17(16)21-11-22-18/h3-4,7,10-13,15H,5-6,8-9H2,1-2H3,(H,24,28)(H,20,21,22). The normalized spacial score (nSPS) is 23.9. The van der Waals surface area contributed by atoms with Gasteiger partial charge >= 0.3 is 6.03 Å². The molecule has 1 saturated heterocycles. The van der Waals surface area contributed by atoms with Crippen molar-refractivity contribution in [1.82, 2.24) is 29.6 Å². The van der Waals surface area contributed by atoms with Crippen molar-refractivity contribution in [2.75, 3.05) is 30.4 Å². The number of nitrogens with zero attached hydrogens (tertiary/aromatic N) is 6. The van der Waals surface area contributed by atoms with Gasteiger partial charge in [0.2, 0.25) is 0 Å². The summed E-state index contributed by atoms with van der Waals surface area (Å²) >= 11 is 0. The molecule has 3 aromatic rings. The zero-order chi connectivity index (χ0) is 19.3. The average molecular weight is 380 g/mol. The number of carbonyl (C=O) groups excluding carboxylic acids is 1. The van der Waals surface area contributed by atoms with E-state index in [2.05, 4.69) is 37.3 Å². The summed E-state index contributed by atoms with van der Waals surface area (Å²) in [7, 11) is 3.96. The van der Waals surface area contributed by atoms with E-state index in [-0.39, 0.29) is 6.03 Å². The molecule has 2 atom stereocenters. The molecule has 3 aromatic heterocycles. The Morgan fingerprint density at radius 2 is 2.07 bits per heavy atom. The van der Waals surface area contributed by atoms with Crippen molar-refractivity contribution in [2.45, 2.75) is 18.9 Å². The molecule has 2 amide bonds. The summed E-state index contributed by atoms with van der Waals surface area (Å²) in [4.78, 5) is 28.7. The van der Waals surface area contributed by atoms with Crippen molar-refractivity contribution in [2.24, 2.45) is 18.9 Å². The first-order valence-electron chi connectivity index (χ1n) is 9.64. The summed E-state index contributed by atoms with van der Waals surface area (Å²) in [5.41, 5.74) is 1.61. The number of aromatic amines is 1. The molecular weight excluding hydrogens is 356 g/mol. The molecule has 2 N–H and O–H groups in total. The zero-order valence-corrected chi connectivity index (χ0v) is 16.0. The Kier molecular flexibility index (Phi) is 3.96. The van der Waals surface area contributed by atoms with Crippen LogP contribution in [-0.4, -0.2) is 61.8 Å². The van der Waals surface area contributed by atoms with E-state index in [1.54, 1.807) is 17.2 Å². The lowest BCUT2D eigenvalue weighted by Gasteiger charge is -2.28. The highest BCUT2D eigenvalue weighted by Gasteiger charge is 2.44. The smallest absolute Gasteiger partial charge is 0.321 e. The van der Waals surface area contributed by atoms with Gasteiger partial charge in [0, 0.05) is 45.6 Å². The van der Waals surface area contributed by atoms with Gasteiger partial charge in [-0.3, -0.25) is 4.68 Å². The number of fused-ring (bicyclic) bond motifs is 2. The maximum absolute atomic E-state index is 12.6. The number of aromatic nitrogens is 5. The molecule has 9 nitrogen and oxygen atoms in total. The van der Waals surface area contributed by atoms with Gasteiger partial charge in [-0.15, -0.1) is 0 Å². The molecule has 1 saturated carbocycles. The molecule has 5 rings (SSSR count). The van der Waals surface area contributed by atoms with Gasteiger partial charge in [0.1, 0.15) is 17.8 Å². The fourth-order valence-corrected chi connectivity index (χ4v) is 4.75. The first-order chi connectivity index (χ1) is 13.6. The molecule has 0 aromatic carbocycles. The number of urea groups is 1. The maximum Gasteiger partial charge on any atom is 0.321 e. The van der Waals surface area contributed by atoms with E-state index < -0.39 is 0 Å². The molecule has 0 spiro atoms. The van der Waals surface area contributed by atoms with E-state index in [0.717, 1.165) is 48.5 Å². The van der Waals surface area contributed by atoms with Crippen LogP contribution >= 0.6 is 0 Å². The van der Waals surface area contributed by atoms with Crippen LogP contribution in [0.2, 0.25) is 0 Å². The summed E-state index contributed by atoms with van der Waals surface area (Å²) in [6.07, 6.45) is 9.15. The van der Waals surface area contributed by atoms with Crippen LogP contribution in [0.4, 0.5) is 16.3 Å². The lowest BCUT2D eigenvalue weighted by Crippen LogP contribution is -2.36. The van der Waals surface area contributed by atoms with Crippen molar-refractivity contribution in [3.8, 4) is 0 Å². The van der Waals surface area contributed by atoms with E-state index in [4.69, 9.17) is 0 Å². The van der Waals surface area contributed by atoms with E-state index >= 15 is 0 Å². The molecular formula is C19H24N8O. The minimum Gasteiger partial charge on any atom is -0.356 e. The van der Waals surface area contributed by atoms with Gasteiger partial charge in [0.05, 0.1) is 17.3 Å². The Morgan fingerprint density at radius 1 is 1.29 bits per heavy atom. The molecule has 4 heterocycles. The Balaban J connectivity index is 1.23. The highest BCUT2D eigenvalue weighted by Crippen LogP contribution is 2.41. The van der Waals surface area contributed by atoms with Crippen molar-refractivity contribution < 1.29 is 4.79 Å². The fourth-order valence-electron chi connectivity index (χ4n) is 4.75. The van der Waals surface area contributed by atoms with Gasteiger partial charge in [-0.05, 0) is 30.7 Å². The monoisotopic (exact) mass is 380 g/mol. The number of likely N-dealkylation sites (tertiary alicyclic amines) is 1. The highest BCUT2D eigenvalue weighted by atomic mass is 16.2. The Bertz CT molecular complexity index is 996. The second-order valence-corrected chi connectivity index (χ2v) is 7.93. The molecule has 1 aliphatic carbocycles. The molecule has 0 bridgehead atoms. The molecule has 9 heteroatoms. The minimum atomic E-state index is -0.0304. The Labute approximate surface area is 162 Å². The van der Waals surface area contributed by atoms with Crippen LogP contribution in [0.25, 0.3) is 11.0 Å². The van der Waals surface area contributed by atoms with Crippen LogP contribution in [0.15, 0.2) is 31.0 Å². The highest BCUT2D eigenvalue weighted by molar-refractivity contribution is 5.89. The number of hydrogen-bond donors (Lipinski definition) is 2. The first-order valence-corrected chi connectivity index (χ1v) is 9.64. The largest absolute Gasteiger partial charge is 0.356 e. The van der Waals surface area contributed by atoms with Crippen molar-refractivity contribution in [3.05, 3.63) is 31.0 Å².